The van der Waals surface area contributed by atoms with E-state index in [1.807, 2.05) is 26.8 Å². The number of esters is 1. The molecule has 148 valence electrons. The fourth-order valence-corrected chi connectivity index (χ4v) is 4.57. The van der Waals surface area contributed by atoms with Crippen LogP contribution in [0.5, 0.6) is 0 Å². The van der Waals surface area contributed by atoms with Gasteiger partial charge in [0.1, 0.15) is 6.54 Å². The van der Waals surface area contributed by atoms with E-state index in [9.17, 15) is 14.4 Å². The maximum Gasteiger partial charge on any atom is 0.328 e. The first-order chi connectivity index (χ1) is 12.8. The van der Waals surface area contributed by atoms with Crippen LogP contribution in [0.2, 0.25) is 0 Å². The maximum absolute atomic E-state index is 12.0. The molecular weight excluding hydrogens is 348 g/mol. The number of hydrogen-bond acceptors (Lipinski definition) is 5. The summed E-state index contributed by atoms with van der Waals surface area (Å²) in [6.07, 6.45) is 4.97. The van der Waals surface area contributed by atoms with Crippen molar-refractivity contribution in [2.45, 2.75) is 59.0 Å². The molecule has 0 spiro atoms. The number of aryl methyl sites for hydroxylation is 2. The van der Waals surface area contributed by atoms with Crippen molar-refractivity contribution in [1.82, 2.24) is 20.4 Å². The molecular formula is C19H28N4O4. The number of nitrogens with zero attached hydrogens (tertiary/aromatic N) is 2. The molecule has 3 rings (SSSR count). The predicted molar refractivity (Wildman–Crippen MR) is 97.7 cm³/mol. The van der Waals surface area contributed by atoms with Crippen LogP contribution >= 0.6 is 0 Å². The smallest absolute Gasteiger partial charge is 0.328 e. The second kappa shape index (κ2) is 8.10. The van der Waals surface area contributed by atoms with Gasteiger partial charge in [-0.3, -0.25) is 19.6 Å². The first kappa shape index (κ1) is 19.4. The number of ether oxygens (including phenoxy) is 1. The molecule has 2 bridgehead atoms. The van der Waals surface area contributed by atoms with Gasteiger partial charge in [-0.2, -0.15) is 5.10 Å². The highest BCUT2D eigenvalue weighted by Crippen LogP contribution is 2.49. The summed E-state index contributed by atoms with van der Waals surface area (Å²) in [6.45, 7) is 5.10. The number of aromatic nitrogens is 2. The fourth-order valence-electron chi connectivity index (χ4n) is 4.57. The van der Waals surface area contributed by atoms with E-state index in [0.29, 0.717) is 11.8 Å². The van der Waals surface area contributed by atoms with Crippen LogP contribution in [0.4, 0.5) is 4.79 Å². The number of carbonyl (C=O) groups excluding carboxylic acids is 3. The summed E-state index contributed by atoms with van der Waals surface area (Å²) >= 11 is 0. The Bertz CT molecular complexity index is 729. The zero-order valence-corrected chi connectivity index (χ0v) is 16.2. The molecule has 27 heavy (non-hydrogen) atoms. The molecule has 0 radical (unpaired) electrons. The van der Waals surface area contributed by atoms with Gasteiger partial charge in [0.25, 0.3) is 5.91 Å². The molecule has 8 nitrogen and oxygen atoms in total. The lowest BCUT2D eigenvalue weighted by Gasteiger charge is -2.28. The molecule has 8 heteroatoms. The molecule has 1 heterocycles. The summed E-state index contributed by atoms with van der Waals surface area (Å²) in [6, 6.07) is 1.34. The molecule has 1 aromatic heterocycles. The van der Waals surface area contributed by atoms with Gasteiger partial charge in [0, 0.05) is 11.7 Å². The minimum atomic E-state index is -0.644. The molecule has 2 fully saturated rings. The first-order valence-electron chi connectivity index (χ1n) is 9.59. The highest BCUT2D eigenvalue weighted by Gasteiger charge is 2.42. The Hall–Kier alpha value is -2.38. The average molecular weight is 376 g/mol. The maximum atomic E-state index is 12.0. The Balaban J connectivity index is 1.36. The molecule has 1 aromatic rings. The van der Waals surface area contributed by atoms with Gasteiger partial charge >= 0.3 is 12.0 Å². The summed E-state index contributed by atoms with van der Waals surface area (Å²) in [5.41, 5.74) is 1.64. The Morgan fingerprint density at radius 1 is 1.30 bits per heavy atom. The zero-order valence-electron chi connectivity index (χ0n) is 16.2. The zero-order chi connectivity index (χ0) is 19.6. The molecule has 2 aliphatic carbocycles. The van der Waals surface area contributed by atoms with Gasteiger partial charge in [-0.15, -0.1) is 0 Å². The third-order valence-electron chi connectivity index (χ3n) is 5.79. The van der Waals surface area contributed by atoms with Crippen molar-refractivity contribution < 1.29 is 19.1 Å². The Labute approximate surface area is 159 Å². The summed E-state index contributed by atoms with van der Waals surface area (Å²) in [7, 11) is 0. The lowest BCUT2D eigenvalue weighted by Crippen LogP contribution is -2.48. The van der Waals surface area contributed by atoms with Crippen molar-refractivity contribution in [2.24, 2.45) is 17.8 Å². The number of carbonyl (C=O) groups is 3. The molecule has 2 saturated carbocycles. The molecule has 4 atom stereocenters. The molecule has 2 N–H and O–H groups in total. The number of hydrogen-bond donors (Lipinski definition) is 2. The van der Waals surface area contributed by atoms with E-state index in [1.165, 1.54) is 23.9 Å². The highest BCUT2D eigenvalue weighted by atomic mass is 16.5. The second-order valence-electron chi connectivity index (χ2n) is 7.89. The summed E-state index contributed by atoms with van der Waals surface area (Å²) < 4.78 is 6.44. The molecule has 0 aliphatic heterocycles. The van der Waals surface area contributed by atoms with Crippen LogP contribution in [0, 0.1) is 31.6 Å². The minimum Gasteiger partial charge on any atom is -0.454 e. The van der Waals surface area contributed by atoms with Crippen molar-refractivity contribution in [3.05, 3.63) is 17.5 Å². The first-order valence-corrected chi connectivity index (χ1v) is 9.59. The Kier molecular flexibility index (Phi) is 5.82. The van der Waals surface area contributed by atoms with E-state index in [-0.39, 0.29) is 12.6 Å². The minimum absolute atomic E-state index is 0.0293. The van der Waals surface area contributed by atoms with Gasteiger partial charge in [0.05, 0.1) is 5.69 Å². The van der Waals surface area contributed by atoms with Crippen LogP contribution in [0.25, 0.3) is 0 Å². The lowest BCUT2D eigenvalue weighted by molar-refractivity contribution is -0.149. The van der Waals surface area contributed by atoms with Crippen molar-refractivity contribution in [3.63, 3.8) is 0 Å². The standard InChI is InChI=1S/C19H28N4O4/c1-11-6-12(2)23(22-11)9-18(25)27-10-17(24)21-19(26)20-13(3)16-8-14-4-5-15(16)7-14/h6,13-16H,4-5,7-10H2,1-3H3,(H2,20,21,24,26)/t13-,14-,15-,16+/m0/s1. The van der Waals surface area contributed by atoms with E-state index in [4.69, 9.17) is 4.74 Å². The van der Waals surface area contributed by atoms with Gasteiger partial charge in [0.15, 0.2) is 6.61 Å². The topological polar surface area (TPSA) is 102 Å². The molecule has 0 aromatic carbocycles. The van der Waals surface area contributed by atoms with Crippen LogP contribution in [0.3, 0.4) is 0 Å². The predicted octanol–water partition coefficient (Wildman–Crippen LogP) is 1.69. The third kappa shape index (κ3) is 4.87. The van der Waals surface area contributed by atoms with Gasteiger partial charge < -0.3 is 10.1 Å². The van der Waals surface area contributed by atoms with Crippen molar-refractivity contribution in [3.8, 4) is 0 Å². The average Bonchev–Trinajstić information content (AvgIpc) is 3.29. The Morgan fingerprint density at radius 3 is 2.67 bits per heavy atom. The van der Waals surface area contributed by atoms with E-state index in [1.54, 1.807) is 0 Å². The van der Waals surface area contributed by atoms with Crippen LogP contribution < -0.4 is 10.6 Å². The van der Waals surface area contributed by atoms with E-state index in [0.717, 1.165) is 23.7 Å². The van der Waals surface area contributed by atoms with Gasteiger partial charge in [-0.1, -0.05) is 6.42 Å². The number of urea groups is 1. The summed E-state index contributed by atoms with van der Waals surface area (Å²) in [5.74, 6) is 0.761. The monoisotopic (exact) mass is 376 g/mol. The summed E-state index contributed by atoms with van der Waals surface area (Å²) in [5, 5.41) is 9.24. The molecule has 0 unspecified atom stereocenters. The van der Waals surface area contributed by atoms with Gasteiger partial charge in [-0.25, -0.2) is 4.79 Å². The molecule has 0 saturated heterocycles. The lowest BCUT2D eigenvalue weighted by atomic mass is 9.84. The number of fused-ring (bicyclic) bond motifs is 2. The third-order valence-corrected chi connectivity index (χ3v) is 5.79. The van der Waals surface area contributed by atoms with Crippen molar-refractivity contribution >= 4 is 17.9 Å². The molecule has 2 aliphatic rings. The number of imide groups is 1. The van der Waals surface area contributed by atoms with Crippen molar-refractivity contribution in [2.75, 3.05) is 6.61 Å². The number of rotatable bonds is 6. The summed E-state index contributed by atoms with van der Waals surface area (Å²) in [4.78, 5) is 35.7. The van der Waals surface area contributed by atoms with E-state index >= 15 is 0 Å². The van der Waals surface area contributed by atoms with Crippen molar-refractivity contribution in [1.29, 1.82) is 0 Å². The highest BCUT2D eigenvalue weighted by molar-refractivity contribution is 5.95. The van der Waals surface area contributed by atoms with E-state index < -0.39 is 24.5 Å². The number of amides is 3. The van der Waals surface area contributed by atoms with Crippen LogP contribution in [0.15, 0.2) is 6.07 Å². The SMILES string of the molecule is Cc1cc(C)n(CC(=O)OCC(=O)NC(=O)N[C@@H](C)[C@H]2C[C@H]3CC[C@H]2C3)n1. The molecule has 3 amide bonds. The van der Waals surface area contributed by atoms with Crippen LogP contribution in [-0.4, -0.2) is 40.3 Å². The van der Waals surface area contributed by atoms with Gasteiger partial charge in [0.2, 0.25) is 0 Å². The Morgan fingerprint density at radius 2 is 2.07 bits per heavy atom. The number of nitrogens with one attached hydrogen (secondary N) is 2. The second-order valence-corrected chi connectivity index (χ2v) is 7.89. The fraction of sp³-hybridized carbons (Fsp3) is 0.684. The van der Waals surface area contributed by atoms with Crippen LogP contribution in [0.1, 0.15) is 44.0 Å². The van der Waals surface area contributed by atoms with Gasteiger partial charge in [-0.05, 0) is 63.9 Å². The quantitative estimate of drug-likeness (QED) is 0.736. The largest absolute Gasteiger partial charge is 0.454 e. The normalized spacial score (nSPS) is 24.5. The van der Waals surface area contributed by atoms with E-state index in [2.05, 4.69) is 15.7 Å². The van der Waals surface area contributed by atoms with Crippen LogP contribution in [-0.2, 0) is 20.9 Å².